The molecule has 0 radical (unpaired) electrons. The van der Waals surface area contributed by atoms with E-state index in [0.717, 1.165) is 5.56 Å². The lowest BCUT2D eigenvalue weighted by atomic mass is 10.2. The average Bonchev–Trinajstić information content (AvgIpc) is 2.48. The van der Waals surface area contributed by atoms with Crippen LogP contribution < -0.4 is 15.2 Å². The first-order valence-electron chi connectivity index (χ1n) is 6.17. The zero-order valence-corrected chi connectivity index (χ0v) is 13.3. The van der Waals surface area contributed by atoms with Crippen molar-refractivity contribution < 1.29 is 9.47 Å². The molecule has 0 spiro atoms. The van der Waals surface area contributed by atoms with Crippen molar-refractivity contribution >= 4 is 40.4 Å². The number of halogens is 2. The Hall–Kier alpha value is -1.49. The van der Waals surface area contributed by atoms with Crippen LogP contribution in [0.5, 0.6) is 11.5 Å². The van der Waals surface area contributed by atoms with Gasteiger partial charge in [0, 0.05) is 5.56 Å². The summed E-state index contributed by atoms with van der Waals surface area (Å²) >= 11 is 16.8. The van der Waals surface area contributed by atoms with Gasteiger partial charge in [-0.15, -0.1) is 0 Å². The lowest BCUT2D eigenvalue weighted by Crippen LogP contribution is -2.11. The largest absolute Gasteiger partial charge is 0.490 e. The third-order valence-electron chi connectivity index (χ3n) is 2.64. The fourth-order valence-corrected chi connectivity index (χ4v) is 2.12. The molecule has 0 aliphatic heterocycles. The SMILES string of the molecule is NC(=S)c1cccc(OCCOc2cccc(Cl)c2Cl)c1. The van der Waals surface area contributed by atoms with Gasteiger partial charge in [0.1, 0.15) is 34.7 Å². The van der Waals surface area contributed by atoms with E-state index in [1.165, 1.54) is 0 Å². The molecule has 2 rings (SSSR count). The van der Waals surface area contributed by atoms with Gasteiger partial charge in [-0.05, 0) is 24.3 Å². The second-order valence-corrected chi connectivity index (χ2v) is 5.37. The van der Waals surface area contributed by atoms with Gasteiger partial charge in [-0.1, -0.05) is 53.6 Å². The predicted octanol–water partition coefficient (Wildman–Crippen LogP) is 4.09. The second-order valence-electron chi connectivity index (χ2n) is 4.14. The van der Waals surface area contributed by atoms with E-state index in [-0.39, 0.29) is 0 Å². The number of hydrogen-bond donors (Lipinski definition) is 1. The van der Waals surface area contributed by atoms with Gasteiger partial charge in [0.2, 0.25) is 0 Å². The quantitative estimate of drug-likeness (QED) is 0.634. The Morgan fingerprint density at radius 2 is 1.76 bits per heavy atom. The third-order valence-corrected chi connectivity index (χ3v) is 3.68. The van der Waals surface area contributed by atoms with E-state index >= 15 is 0 Å². The molecule has 3 nitrogen and oxygen atoms in total. The zero-order chi connectivity index (χ0) is 15.2. The van der Waals surface area contributed by atoms with E-state index in [0.29, 0.717) is 39.7 Å². The molecule has 6 heteroatoms. The molecule has 0 fully saturated rings. The topological polar surface area (TPSA) is 44.5 Å². The van der Waals surface area contributed by atoms with Crippen LogP contribution in [-0.4, -0.2) is 18.2 Å². The second kappa shape index (κ2) is 7.50. The lowest BCUT2D eigenvalue weighted by Gasteiger charge is -2.10. The Morgan fingerprint density at radius 3 is 2.52 bits per heavy atom. The summed E-state index contributed by atoms with van der Waals surface area (Å²) in [6, 6.07) is 12.5. The van der Waals surface area contributed by atoms with Crippen molar-refractivity contribution in [3.8, 4) is 11.5 Å². The van der Waals surface area contributed by atoms with Crippen LogP contribution in [0.4, 0.5) is 0 Å². The van der Waals surface area contributed by atoms with Gasteiger partial charge in [0.15, 0.2) is 0 Å². The summed E-state index contributed by atoms with van der Waals surface area (Å²) < 4.78 is 11.1. The average molecular weight is 342 g/mol. The molecule has 0 saturated carbocycles. The van der Waals surface area contributed by atoms with E-state index in [9.17, 15) is 0 Å². The highest BCUT2D eigenvalue weighted by molar-refractivity contribution is 7.80. The molecule has 2 N–H and O–H groups in total. The van der Waals surface area contributed by atoms with Crippen LogP contribution in [0.15, 0.2) is 42.5 Å². The number of benzene rings is 2. The van der Waals surface area contributed by atoms with E-state index < -0.39 is 0 Å². The molecule has 2 aromatic rings. The predicted molar refractivity (Wildman–Crippen MR) is 89.8 cm³/mol. The van der Waals surface area contributed by atoms with Crippen LogP contribution in [0.25, 0.3) is 0 Å². The normalized spacial score (nSPS) is 10.2. The van der Waals surface area contributed by atoms with Crippen molar-refractivity contribution in [1.82, 2.24) is 0 Å². The highest BCUT2D eigenvalue weighted by atomic mass is 35.5. The Labute approximate surface area is 138 Å². The summed E-state index contributed by atoms with van der Waals surface area (Å²) in [5.41, 5.74) is 6.33. The molecule has 0 heterocycles. The smallest absolute Gasteiger partial charge is 0.139 e. The van der Waals surface area contributed by atoms with Crippen LogP contribution in [-0.2, 0) is 0 Å². The van der Waals surface area contributed by atoms with Gasteiger partial charge >= 0.3 is 0 Å². The fourth-order valence-electron chi connectivity index (χ4n) is 1.65. The maximum absolute atomic E-state index is 6.02. The number of hydrogen-bond acceptors (Lipinski definition) is 3. The molecule has 0 aliphatic rings. The van der Waals surface area contributed by atoms with E-state index in [2.05, 4.69) is 0 Å². The Bertz CT molecular complexity index is 649. The summed E-state index contributed by atoms with van der Waals surface area (Å²) in [7, 11) is 0. The van der Waals surface area contributed by atoms with Crippen molar-refractivity contribution in [2.75, 3.05) is 13.2 Å². The summed E-state index contributed by atoms with van der Waals surface area (Å²) in [5.74, 6) is 1.21. The molecule has 0 amide bonds. The van der Waals surface area contributed by atoms with Crippen molar-refractivity contribution in [3.63, 3.8) is 0 Å². The maximum Gasteiger partial charge on any atom is 0.139 e. The molecule has 21 heavy (non-hydrogen) atoms. The Balaban J connectivity index is 1.86. The van der Waals surface area contributed by atoms with Crippen LogP contribution in [0.3, 0.4) is 0 Å². The minimum Gasteiger partial charge on any atom is -0.490 e. The summed E-state index contributed by atoms with van der Waals surface area (Å²) in [6.45, 7) is 0.709. The van der Waals surface area contributed by atoms with Gasteiger partial charge in [-0.3, -0.25) is 0 Å². The number of nitrogens with two attached hydrogens (primary N) is 1. The molecule has 0 unspecified atom stereocenters. The Morgan fingerprint density at radius 1 is 1.05 bits per heavy atom. The summed E-state index contributed by atoms with van der Waals surface area (Å²) in [5, 5.41) is 0.855. The van der Waals surface area contributed by atoms with E-state index in [1.54, 1.807) is 24.3 Å². The Kier molecular flexibility index (Phi) is 5.67. The van der Waals surface area contributed by atoms with Crippen LogP contribution in [0, 0.1) is 0 Å². The molecule has 110 valence electrons. The minimum absolute atomic E-state index is 0.336. The first-order chi connectivity index (χ1) is 10.1. The molecular weight excluding hydrogens is 329 g/mol. The standard InChI is InChI=1S/C15H13Cl2NO2S/c16-12-5-2-6-13(14(12)17)20-8-7-19-11-4-1-3-10(9-11)15(18)21/h1-6,9H,7-8H2,(H2,18,21). The molecule has 0 aromatic heterocycles. The molecule has 2 aromatic carbocycles. The molecule has 0 aliphatic carbocycles. The fraction of sp³-hybridized carbons (Fsp3) is 0.133. The number of ether oxygens (including phenoxy) is 2. The maximum atomic E-state index is 6.02. The van der Waals surface area contributed by atoms with E-state index in [1.807, 2.05) is 18.2 Å². The minimum atomic E-state index is 0.336. The van der Waals surface area contributed by atoms with Gasteiger partial charge < -0.3 is 15.2 Å². The molecule has 0 saturated heterocycles. The number of rotatable bonds is 6. The van der Waals surface area contributed by atoms with Gasteiger partial charge in [-0.25, -0.2) is 0 Å². The zero-order valence-electron chi connectivity index (χ0n) is 11.0. The lowest BCUT2D eigenvalue weighted by molar-refractivity contribution is 0.217. The van der Waals surface area contributed by atoms with Crippen molar-refractivity contribution in [1.29, 1.82) is 0 Å². The first kappa shape index (κ1) is 15.9. The van der Waals surface area contributed by atoms with Crippen LogP contribution >= 0.6 is 35.4 Å². The van der Waals surface area contributed by atoms with Crippen LogP contribution in [0.2, 0.25) is 10.0 Å². The highest BCUT2D eigenvalue weighted by Gasteiger charge is 2.05. The summed E-state index contributed by atoms with van der Waals surface area (Å²) in [6.07, 6.45) is 0. The molecule has 0 atom stereocenters. The van der Waals surface area contributed by atoms with Crippen molar-refractivity contribution in [2.24, 2.45) is 5.73 Å². The van der Waals surface area contributed by atoms with Gasteiger partial charge in [0.25, 0.3) is 0 Å². The summed E-state index contributed by atoms with van der Waals surface area (Å²) in [4.78, 5) is 0.336. The van der Waals surface area contributed by atoms with E-state index in [4.69, 9.17) is 50.6 Å². The number of thiocarbonyl (C=S) groups is 1. The van der Waals surface area contributed by atoms with Gasteiger partial charge in [-0.2, -0.15) is 0 Å². The van der Waals surface area contributed by atoms with Crippen molar-refractivity contribution in [3.05, 3.63) is 58.1 Å². The van der Waals surface area contributed by atoms with Crippen LogP contribution in [0.1, 0.15) is 5.56 Å². The first-order valence-corrected chi connectivity index (χ1v) is 7.34. The third kappa shape index (κ3) is 4.49. The van der Waals surface area contributed by atoms with Gasteiger partial charge in [0.05, 0.1) is 5.02 Å². The molecule has 0 bridgehead atoms. The van der Waals surface area contributed by atoms with Crippen molar-refractivity contribution in [2.45, 2.75) is 0 Å². The molecular formula is C15H13Cl2NO2S. The monoisotopic (exact) mass is 341 g/mol. The highest BCUT2D eigenvalue weighted by Crippen LogP contribution is 2.31.